The highest BCUT2D eigenvalue weighted by Crippen LogP contribution is 2.24. The van der Waals surface area contributed by atoms with Crippen LogP contribution < -0.4 is 15.6 Å². The standard InChI is InChI=1S/C17H18N2O3S2/c18-17(12-4-2-1-3-5-12)15(24-19)10-22-13-6-8-14(9-7-13)23-11-16(20)21/h1-9H,10-11,18-19H2,(H,20,21)/b17-15-. The van der Waals surface area contributed by atoms with E-state index in [0.717, 1.165) is 27.3 Å². The predicted octanol–water partition coefficient (Wildman–Crippen LogP) is 3.18. The first-order valence-corrected chi connectivity index (χ1v) is 8.95. The first-order chi connectivity index (χ1) is 11.6. The maximum absolute atomic E-state index is 10.6. The Morgan fingerprint density at radius 2 is 1.75 bits per heavy atom. The summed E-state index contributed by atoms with van der Waals surface area (Å²) in [5.74, 6) is -0.140. The van der Waals surface area contributed by atoms with Gasteiger partial charge in [0.25, 0.3) is 0 Å². The lowest BCUT2D eigenvalue weighted by Crippen LogP contribution is -2.08. The van der Waals surface area contributed by atoms with Gasteiger partial charge in [0.15, 0.2) is 0 Å². The Kier molecular flexibility index (Phi) is 7.05. The molecule has 0 bridgehead atoms. The maximum Gasteiger partial charge on any atom is 0.313 e. The number of hydrogen-bond acceptors (Lipinski definition) is 6. The van der Waals surface area contributed by atoms with Gasteiger partial charge in [-0.25, -0.2) is 0 Å². The fraction of sp³-hybridized carbons (Fsp3) is 0.118. The van der Waals surface area contributed by atoms with Gasteiger partial charge < -0.3 is 15.6 Å². The van der Waals surface area contributed by atoms with Crippen molar-refractivity contribution in [3.63, 3.8) is 0 Å². The number of nitrogens with two attached hydrogens (primary N) is 2. The number of ether oxygens (including phenoxy) is 1. The number of carboxylic acids is 1. The van der Waals surface area contributed by atoms with E-state index in [1.807, 2.05) is 42.5 Å². The van der Waals surface area contributed by atoms with Gasteiger partial charge in [0.2, 0.25) is 0 Å². The van der Waals surface area contributed by atoms with Gasteiger partial charge in [-0.3, -0.25) is 9.93 Å². The molecule has 0 spiro atoms. The lowest BCUT2D eigenvalue weighted by molar-refractivity contribution is -0.133. The molecule has 0 aromatic heterocycles. The third-order valence-corrected chi connectivity index (χ3v) is 4.70. The van der Waals surface area contributed by atoms with Gasteiger partial charge in [0.05, 0.1) is 16.4 Å². The van der Waals surface area contributed by atoms with Gasteiger partial charge >= 0.3 is 5.97 Å². The van der Waals surface area contributed by atoms with Crippen molar-refractivity contribution in [2.24, 2.45) is 10.9 Å². The first-order valence-electron chi connectivity index (χ1n) is 7.08. The van der Waals surface area contributed by atoms with Gasteiger partial charge in [0, 0.05) is 4.90 Å². The molecule has 0 saturated carbocycles. The number of benzene rings is 2. The van der Waals surface area contributed by atoms with Crippen molar-refractivity contribution in [2.75, 3.05) is 12.4 Å². The van der Waals surface area contributed by atoms with Crippen LogP contribution >= 0.6 is 23.7 Å². The van der Waals surface area contributed by atoms with Crippen LogP contribution in [0.25, 0.3) is 5.70 Å². The maximum atomic E-state index is 10.6. The van der Waals surface area contributed by atoms with Gasteiger partial charge in [-0.05, 0) is 41.8 Å². The summed E-state index contributed by atoms with van der Waals surface area (Å²) >= 11 is 2.33. The lowest BCUT2D eigenvalue weighted by atomic mass is 10.1. The third-order valence-electron chi connectivity index (χ3n) is 3.08. The van der Waals surface area contributed by atoms with E-state index in [0.29, 0.717) is 11.4 Å². The summed E-state index contributed by atoms with van der Waals surface area (Å²) in [5, 5.41) is 14.4. The summed E-state index contributed by atoms with van der Waals surface area (Å²) in [4.78, 5) is 12.2. The van der Waals surface area contributed by atoms with E-state index in [-0.39, 0.29) is 12.4 Å². The molecular weight excluding hydrogens is 344 g/mol. The van der Waals surface area contributed by atoms with E-state index >= 15 is 0 Å². The van der Waals surface area contributed by atoms with Gasteiger partial charge in [-0.1, -0.05) is 30.3 Å². The average Bonchev–Trinajstić information content (AvgIpc) is 2.62. The van der Waals surface area contributed by atoms with Crippen molar-refractivity contribution in [1.82, 2.24) is 0 Å². The Labute approximate surface area is 149 Å². The van der Waals surface area contributed by atoms with Crippen LogP contribution in [0.1, 0.15) is 5.56 Å². The zero-order chi connectivity index (χ0) is 17.4. The summed E-state index contributed by atoms with van der Waals surface area (Å²) in [6.45, 7) is 0.267. The molecule has 0 heterocycles. The highest BCUT2D eigenvalue weighted by atomic mass is 32.2. The molecule has 24 heavy (non-hydrogen) atoms. The van der Waals surface area contributed by atoms with Crippen LogP contribution in [-0.2, 0) is 4.79 Å². The summed E-state index contributed by atoms with van der Waals surface area (Å²) in [5.41, 5.74) is 7.64. The normalized spacial score (nSPS) is 11.7. The van der Waals surface area contributed by atoms with Crippen molar-refractivity contribution in [3.05, 3.63) is 65.1 Å². The van der Waals surface area contributed by atoms with Crippen LogP contribution in [0.5, 0.6) is 5.75 Å². The fourth-order valence-electron chi connectivity index (χ4n) is 1.88. The van der Waals surface area contributed by atoms with Gasteiger partial charge in [-0.2, -0.15) is 0 Å². The number of thioether (sulfide) groups is 1. The number of carboxylic acid groups (broad SMARTS) is 1. The third kappa shape index (κ3) is 5.52. The van der Waals surface area contributed by atoms with Crippen LogP contribution in [0.15, 0.2) is 64.4 Å². The zero-order valence-electron chi connectivity index (χ0n) is 12.8. The van der Waals surface area contributed by atoms with E-state index in [4.69, 9.17) is 20.7 Å². The Morgan fingerprint density at radius 1 is 1.08 bits per heavy atom. The molecule has 0 radical (unpaired) electrons. The average molecular weight is 362 g/mol. The highest BCUT2D eigenvalue weighted by molar-refractivity contribution is 8.01. The monoisotopic (exact) mass is 362 g/mol. The molecule has 0 aliphatic rings. The molecule has 7 heteroatoms. The van der Waals surface area contributed by atoms with E-state index in [9.17, 15) is 4.79 Å². The fourth-order valence-corrected chi connectivity index (χ4v) is 2.87. The molecule has 2 aromatic rings. The second kappa shape index (κ2) is 9.27. The summed E-state index contributed by atoms with van der Waals surface area (Å²) in [6, 6.07) is 16.8. The first kappa shape index (κ1) is 18.3. The van der Waals surface area contributed by atoms with Crippen molar-refractivity contribution < 1.29 is 14.6 Å². The Hall–Kier alpha value is -2.09. The highest BCUT2D eigenvalue weighted by Gasteiger charge is 2.07. The Balaban J connectivity index is 1.99. The molecule has 5 nitrogen and oxygen atoms in total. The molecule has 126 valence electrons. The molecule has 2 aromatic carbocycles. The molecule has 0 amide bonds. The second-order valence-electron chi connectivity index (χ2n) is 4.76. The lowest BCUT2D eigenvalue weighted by Gasteiger charge is -2.12. The van der Waals surface area contributed by atoms with E-state index in [1.165, 1.54) is 11.8 Å². The van der Waals surface area contributed by atoms with Crippen LogP contribution in [0.2, 0.25) is 0 Å². The molecular formula is C17H18N2O3S2. The molecule has 0 saturated heterocycles. The minimum Gasteiger partial charge on any atom is -0.488 e. The van der Waals surface area contributed by atoms with Crippen LogP contribution in [-0.4, -0.2) is 23.4 Å². The zero-order valence-corrected chi connectivity index (χ0v) is 14.5. The number of hydrogen-bond donors (Lipinski definition) is 3. The van der Waals surface area contributed by atoms with E-state index < -0.39 is 5.97 Å². The van der Waals surface area contributed by atoms with Crippen LogP contribution in [0, 0.1) is 0 Å². The minimum atomic E-state index is -0.841. The van der Waals surface area contributed by atoms with Crippen molar-refractivity contribution >= 4 is 35.4 Å². The second-order valence-corrected chi connectivity index (χ2v) is 6.54. The SMILES string of the molecule is NS/C(COc1ccc(SCC(=O)O)cc1)=C(\N)c1ccccc1. The van der Waals surface area contributed by atoms with Crippen molar-refractivity contribution in [3.8, 4) is 5.75 Å². The molecule has 0 fully saturated rings. The van der Waals surface area contributed by atoms with E-state index in [2.05, 4.69) is 0 Å². The Bertz CT molecular complexity index is 704. The quantitative estimate of drug-likeness (QED) is 0.490. The topological polar surface area (TPSA) is 98.6 Å². The van der Waals surface area contributed by atoms with Crippen LogP contribution in [0.4, 0.5) is 0 Å². The minimum absolute atomic E-state index is 0.0323. The van der Waals surface area contributed by atoms with E-state index in [1.54, 1.807) is 12.1 Å². The number of aliphatic carboxylic acids is 1. The smallest absolute Gasteiger partial charge is 0.313 e. The summed E-state index contributed by atoms with van der Waals surface area (Å²) in [7, 11) is 0. The Morgan fingerprint density at radius 3 is 2.33 bits per heavy atom. The molecule has 5 N–H and O–H groups in total. The molecule has 0 aliphatic carbocycles. The number of rotatable bonds is 8. The van der Waals surface area contributed by atoms with Crippen molar-refractivity contribution in [1.29, 1.82) is 0 Å². The number of carbonyl (C=O) groups is 1. The molecule has 0 unspecified atom stereocenters. The summed E-state index contributed by atoms with van der Waals surface area (Å²) < 4.78 is 5.72. The van der Waals surface area contributed by atoms with Crippen molar-refractivity contribution in [2.45, 2.75) is 4.90 Å². The van der Waals surface area contributed by atoms with Gasteiger partial charge in [0.1, 0.15) is 12.4 Å². The molecule has 2 rings (SSSR count). The molecule has 0 atom stereocenters. The van der Waals surface area contributed by atoms with Crippen LogP contribution in [0.3, 0.4) is 0 Å². The van der Waals surface area contributed by atoms with Gasteiger partial charge in [-0.15, -0.1) is 11.8 Å². The molecule has 0 aliphatic heterocycles. The summed E-state index contributed by atoms with van der Waals surface area (Å²) in [6.07, 6.45) is 0. The predicted molar refractivity (Wildman–Crippen MR) is 99.6 cm³/mol. The largest absolute Gasteiger partial charge is 0.488 e.